The quantitative estimate of drug-likeness (QED) is 0.829. The van der Waals surface area contributed by atoms with E-state index >= 15 is 0 Å². The van der Waals surface area contributed by atoms with Gasteiger partial charge >= 0.3 is 0 Å². The van der Waals surface area contributed by atoms with Crippen LogP contribution < -0.4 is 5.32 Å². The second-order valence-electron chi connectivity index (χ2n) is 5.94. The van der Waals surface area contributed by atoms with E-state index < -0.39 is 0 Å². The van der Waals surface area contributed by atoms with Crippen LogP contribution in [0.2, 0.25) is 0 Å². The van der Waals surface area contributed by atoms with Gasteiger partial charge in [0.25, 0.3) is 0 Å². The van der Waals surface area contributed by atoms with Crippen molar-refractivity contribution >= 4 is 0 Å². The first-order valence-electron chi connectivity index (χ1n) is 7.23. The fraction of sp³-hybridized carbons (Fsp3) is 0.625. The Hall–Kier alpha value is -0.930. The highest BCUT2D eigenvalue weighted by Crippen LogP contribution is 2.37. The lowest BCUT2D eigenvalue weighted by molar-refractivity contribution is 0.125. The molecule has 0 heterocycles. The van der Waals surface area contributed by atoms with E-state index in [9.17, 15) is 9.50 Å². The summed E-state index contributed by atoms with van der Waals surface area (Å²) < 4.78 is 13.6. The zero-order valence-corrected chi connectivity index (χ0v) is 11.7. The van der Waals surface area contributed by atoms with Gasteiger partial charge in [0.15, 0.2) is 0 Å². The largest absolute Gasteiger partial charge is 0.396 e. The predicted octanol–water partition coefficient (Wildman–Crippen LogP) is 2.90. The molecule has 1 aliphatic carbocycles. The van der Waals surface area contributed by atoms with Crippen molar-refractivity contribution in [3.63, 3.8) is 0 Å². The number of nitrogens with one attached hydrogen (secondary N) is 1. The summed E-state index contributed by atoms with van der Waals surface area (Å²) in [5.74, 6) is -0.131. The highest BCUT2D eigenvalue weighted by molar-refractivity contribution is 5.18. The smallest absolute Gasteiger partial charge is 0.126 e. The van der Waals surface area contributed by atoms with E-state index in [1.807, 2.05) is 12.1 Å². The van der Waals surface area contributed by atoms with Gasteiger partial charge in [-0.05, 0) is 37.8 Å². The lowest BCUT2D eigenvalue weighted by Gasteiger charge is -2.28. The minimum absolute atomic E-state index is 0.0590. The molecule has 1 saturated carbocycles. The first-order valence-corrected chi connectivity index (χ1v) is 7.23. The zero-order chi connectivity index (χ0) is 13.7. The highest BCUT2D eigenvalue weighted by Gasteiger charge is 2.33. The van der Waals surface area contributed by atoms with Crippen LogP contribution in [0.5, 0.6) is 0 Å². The number of aliphatic hydroxyl groups is 1. The average Bonchev–Trinajstić information content (AvgIpc) is 2.89. The molecule has 3 heteroatoms. The van der Waals surface area contributed by atoms with Crippen molar-refractivity contribution < 1.29 is 9.50 Å². The van der Waals surface area contributed by atoms with Gasteiger partial charge in [-0.15, -0.1) is 0 Å². The summed E-state index contributed by atoms with van der Waals surface area (Å²) in [6.07, 6.45) is 5.31. The Morgan fingerprint density at radius 1 is 1.32 bits per heavy atom. The lowest BCUT2D eigenvalue weighted by atomic mass is 9.87. The standard InChI is InChI=1S/C16H24FNO/c1-13(10-14-6-2-3-7-15(14)17)18-11-16(12-19)8-4-5-9-16/h2-3,6-7,13,18-19H,4-5,8-12H2,1H3/t13-/m0/s1. The normalized spacial score (nSPS) is 19.5. The summed E-state index contributed by atoms with van der Waals surface area (Å²) in [6.45, 7) is 3.16. The predicted molar refractivity (Wildman–Crippen MR) is 75.6 cm³/mol. The van der Waals surface area contributed by atoms with Crippen molar-refractivity contribution in [1.82, 2.24) is 5.32 Å². The molecule has 1 atom stereocenters. The SMILES string of the molecule is C[C@@H](Cc1ccccc1F)NCC1(CO)CCCC1. The van der Waals surface area contributed by atoms with Gasteiger partial charge in [-0.1, -0.05) is 31.0 Å². The third-order valence-corrected chi connectivity index (χ3v) is 4.31. The third-order valence-electron chi connectivity index (χ3n) is 4.31. The van der Waals surface area contributed by atoms with E-state index in [0.717, 1.165) is 24.9 Å². The fourth-order valence-electron chi connectivity index (χ4n) is 2.97. The van der Waals surface area contributed by atoms with Crippen LogP contribution in [0.25, 0.3) is 0 Å². The van der Waals surface area contributed by atoms with Crippen LogP contribution in [0.1, 0.15) is 38.2 Å². The van der Waals surface area contributed by atoms with E-state index in [1.54, 1.807) is 6.07 Å². The molecule has 106 valence electrons. The molecule has 1 aromatic rings. The van der Waals surface area contributed by atoms with Crippen molar-refractivity contribution in [2.45, 2.75) is 45.1 Å². The van der Waals surface area contributed by atoms with Gasteiger partial charge in [0.2, 0.25) is 0 Å². The average molecular weight is 265 g/mol. The van der Waals surface area contributed by atoms with E-state index in [2.05, 4.69) is 12.2 Å². The zero-order valence-electron chi connectivity index (χ0n) is 11.7. The summed E-state index contributed by atoms with van der Waals surface area (Å²) in [7, 11) is 0. The molecular weight excluding hydrogens is 241 g/mol. The molecule has 2 N–H and O–H groups in total. The second kappa shape index (κ2) is 6.49. The number of rotatable bonds is 6. The summed E-state index contributed by atoms with van der Waals surface area (Å²) in [6, 6.07) is 7.16. The van der Waals surface area contributed by atoms with Gasteiger partial charge in [-0.2, -0.15) is 0 Å². The van der Waals surface area contributed by atoms with Crippen molar-refractivity contribution in [2.24, 2.45) is 5.41 Å². The molecule has 19 heavy (non-hydrogen) atoms. The summed E-state index contributed by atoms with van der Waals surface area (Å²) >= 11 is 0. The third kappa shape index (κ3) is 3.77. The molecule has 1 fully saturated rings. The molecule has 0 unspecified atom stereocenters. The first-order chi connectivity index (χ1) is 9.15. The van der Waals surface area contributed by atoms with Gasteiger partial charge in [0.1, 0.15) is 5.82 Å². The topological polar surface area (TPSA) is 32.3 Å². The summed E-state index contributed by atoms with van der Waals surface area (Å²) in [5.41, 5.74) is 0.815. The van der Waals surface area contributed by atoms with Crippen molar-refractivity contribution in [1.29, 1.82) is 0 Å². The number of hydrogen-bond acceptors (Lipinski definition) is 2. The highest BCUT2D eigenvalue weighted by atomic mass is 19.1. The monoisotopic (exact) mass is 265 g/mol. The number of aliphatic hydroxyl groups excluding tert-OH is 1. The molecule has 1 aliphatic rings. The molecule has 0 aromatic heterocycles. The van der Waals surface area contributed by atoms with Gasteiger partial charge in [-0.25, -0.2) is 4.39 Å². The number of hydrogen-bond donors (Lipinski definition) is 2. The molecular formula is C16H24FNO. The van der Waals surface area contributed by atoms with Crippen LogP contribution in [0, 0.1) is 11.2 Å². The van der Waals surface area contributed by atoms with E-state index in [-0.39, 0.29) is 23.9 Å². The van der Waals surface area contributed by atoms with Crippen LogP contribution in [-0.2, 0) is 6.42 Å². The Kier molecular flexibility index (Phi) is 4.94. The fourth-order valence-corrected chi connectivity index (χ4v) is 2.97. The Morgan fingerprint density at radius 3 is 2.63 bits per heavy atom. The lowest BCUT2D eigenvalue weighted by Crippen LogP contribution is -2.40. The molecule has 2 rings (SSSR count). The summed E-state index contributed by atoms with van der Waals surface area (Å²) in [5, 5.41) is 13.0. The number of benzene rings is 1. The molecule has 0 aliphatic heterocycles. The van der Waals surface area contributed by atoms with E-state index in [1.165, 1.54) is 18.9 Å². The maximum Gasteiger partial charge on any atom is 0.126 e. The van der Waals surface area contributed by atoms with Gasteiger partial charge in [0.05, 0.1) is 0 Å². The number of halogens is 1. The van der Waals surface area contributed by atoms with Crippen LogP contribution in [0.3, 0.4) is 0 Å². The van der Waals surface area contributed by atoms with E-state index in [0.29, 0.717) is 6.42 Å². The molecule has 0 spiro atoms. The Labute approximate surface area is 115 Å². The van der Waals surface area contributed by atoms with Gasteiger partial charge in [-0.3, -0.25) is 0 Å². The van der Waals surface area contributed by atoms with Crippen LogP contribution in [0.15, 0.2) is 24.3 Å². The van der Waals surface area contributed by atoms with Crippen LogP contribution in [0.4, 0.5) is 4.39 Å². The minimum atomic E-state index is -0.131. The molecule has 0 radical (unpaired) electrons. The Bertz CT molecular complexity index is 401. The van der Waals surface area contributed by atoms with Crippen LogP contribution >= 0.6 is 0 Å². The molecule has 1 aromatic carbocycles. The van der Waals surface area contributed by atoms with E-state index in [4.69, 9.17) is 0 Å². The minimum Gasteiger partial charge on any atom is -0.396 e. The van der Waals surface area contributed by atoms with Crippen molar-refractivity contribution in [3.8, 4) is 0 Å². The van der Waals surface area contributed by atoms with Crippen molar-refractivity contribution in [3.05, 3.63) is 35.6 Å². The Balaban J connectivity index is 1.84. The Morgan fingerprint density at radius 2 is 2.00 bits per heavy atom. The van der Waals surface area contributed by atoms with Gasteiger partial charge in [0, 0.05) is 24.6 Å². The maximum atomic E-state index is 13.6. The van der Waals surface area contributed by atoms with Gasteiger partial charge < -0.3 is 10.4 Å². The molecule has 2 nitrogen and oxygen atoms in total. The second-order valence-corrected chi connectivity index (χ2v) is 5.94. The van der Waals surface area contributed by atoms with Crippen molar-refractivity contribution in [2.75, 3.05) is 13.2 Å². The molecule has 0 bridgehead atoms. The van der Waals surface area contributed by atoms with Crippen LogP contribution in [-0.4, -0.2) is 24.3 Å². The summed E-state index contributed by atoms with van der Waals surface area (Å²) in [4.78, 5) is 0. The maximum absolute atomic E-state index is 13.6. The molecule has 0 amide bonds. The molecule has 0 saturated heterocycles. The first kappa shape index (κ1) is 14.5.